The molecule has 24 heavy (non-hydrogen) atoms. The van der Waals surface area contributed by atoms with Gasteiger partial charge in [0.25, 0.3) is 5.56 Å². The molecule has 5 heteroatoms. The lowest BCUT2D eigenvalue weighted by atomic mass is 10.2. The Labute approximate surface area is 145 Å². The van der Waals surface area contributed by atoms with Crippen molar-refractivity contribution in [3.05, 3.63) is 88.3 Å². The Bertz CT molecular complexity index is 848. The lowest BCUT2D eigenvalue weighted by molar-refractivity contribution is 0.394. The van der Waals surface area contributed by atoms with Gasteiger partial charge in [0.2, 0.25) is 0 Å². The Hall–Kier alpha value is -2.53. The standard InChI is InChI=1S/C19H18N2O2S/c1-23-17-12-20-21(13-15-8-4-2-5-9-15)19(22)18(17)24-14-16-10-6-3-7-11-16/h2-12H,13-14H2,1H3. The Balaban J connectivity index is 1.86. The Morgan fingerprint density at radius 2 is 1.62 bits per heavy atom. The molecule has 0 aliphatic rings. The second kappa shape index (κ2) is 7.84. The molecular weight excluding hydrogens is 320 g/mol. The number of nitrogens with zero attached hydrogens (tertiary/aromatic N) is 2. The number of thioether (sulfide) groups is 1. The molecule has 0 aliphatic heterocycles. The third-order valence-electron chi connectivity index (χ3n) is 3.59. The van der Waals surface area contributed by atoms with Crippen molar-refractivity contribution in [2.24, 2.45) is 0 Å². The Morgan fingerprint density at radius 1 is 1.00 bits per heavy atom. The van der Waals surface area contributed by atoms with Gasteiger partial charge in [-0.15, -0.1) is 11.8 Å². The van der Waals surface area contributed by atoms with Crippen molar-refractivity contribution >= 4 is 11.8 Å². The van der Waals surface area contributed by atoms with Crippen LogP contribution in [0.5, 0.6) is 5.75 Å². The summed E-state index contributed by atoms with van der Waals surface area (Å²) in [6.45, 7) is 0.447. The van der Waals surface area contributed by atoms with Crippen LogP contribution in [0, 0.1) is 0 Å². The number of aromatic nitrogens is 2. The highest BCUT2D eigenvalue weighted by molar-refractivity contribution is 7.98. The summed E-state index contributed by atoms with van der Waals surface area (Å²) in [4.78, 5) is 13.4. The molecule has 0 unspecified atom stereocenters. The summed E-state index contributed by atoms with van der Waals surface area (Å²) in [5.41, 5.74) is 2.07. The predicted molar refractivity (Wildman–Crippen MR) is 96.6 cm³/mol. The van der Waals surface area contributed by atoms with Crippen LogP contribution >= 0.6 is 11.8 Å². The highest BCUT2D eigenvalue weighted by Gasteiger charge is 2.13. The summed E-state index contributed by atoms with van der Waals surface area (Å²) in [5, 5.41) is 4.23. The molecule has 0 amide bonds. The topological polar surface area (TPSA) is 44.1 Å². The molecule has 0 spiro atoms. The molecule has 0 saturated carbocycles. The van der Waals surface area contributed by atoms with Crippen molar-refractivity contribution in [3.63, 3.8) is 0 Å². The fraction of sp³-hybridized carbons (Fsp3) is 0.158. The van der Waals surface area contributed by atoms with Gasteiger partial charge < -0.3 is 4.74 Å². The molecular formula is C19H18N2O2S. The van der Waals surface area contributed by atoms with Gasteiger partial charge >= 0.3 is 0 Å². The second-order valence-electron chi connectivity index (χ2n) is 5.26. The monoisotopic (exact) mass is 338 g/mol. The SMILES string of the molecule is COc1cnn(Cc2ccccc2)c(=O)c1SCc1ccccc1. The maximum absolute atomic E-state index is 12.8. The first kappa shape index (κ1) is 16.3. The van der Waals surface area contributed by atoms with Gasteiger partial charge in [0.1, 0.15) is 4.90 Å². The van der Waals surface area contributed by atoms with Crippen molar-refractivity contribution in [1.82, 2.24) is 9.78 Å². The quantitative estimate of drug-likeness (QED) is 0.644. The summed E-state index contributed by atoms with van der Waals surface area (Å²) < 4.78 is 6.80. The minimum Gasteiger partial charge on any atom is -0.494 e. The Morgan fingerprint density at radius 3 is 2.25 bits per heavy atom. The van der Waals surface area contributed by atoms with Crippen LogP contribution in [0.15, 0.2) is 76.6 Å². The molecule has 3 rings (SSSR count). The molecule has 0 fully saturated rings. The third kappa shape index (κ3) is 3.86. The van der Waals surface area contributed by atoms with Gasteiger partial charge in [-0.25, -0.2) is 4.68 Å². The van der Waals surface area contributed by atoms with Crippen molar-refractivity contribution in [1.29, 1.82) is 0 Å². The molecule has 1 aromatic heterocycles. The van der Waals surface area contributed by atoms with Gasteiger partial charge in [0.05, 0.1) is 19.9 Å². The summed E-state index contributed by atoms with van der Waals surface area (Å²) in [5.74, 6) is 1.23. The zero-order chi connectivity index (χ0) is 16.8. The highest BCUT2D eigenvalue weighted by atomic mass is 32.2. The van der Waals surface area contributed by atoms with Crippen LogP contribution in [-0.4, -0.2) is 16.9 Å². The smallest absolute Gasteiger partial charge is 0.284 e. The number of ether oxygens (including phenoxy) is 1. The Kier molecular flexibility index (Phi) is 5.33. The van der Waals surface area contributed by atoms with E-state index in [1.54, 1.807) is 13.3 Å². The molecule has 0 saturated heterocycles. The lowest BCUT2D eigenvalue weighted by Crippen LogP contribution is -2.25. The molecule has 1 heterocycles. The normalized spacial score (nSPS) is 10.5. The van der Waals surface area contributed by atoms with E-state index in [1.165, 1.54) is 16.4 Å². The molecule has 0 bridgehead atoms. The molecule has 3 aromatic rings. The summed E-state index contributed by atoms with van der Waals surface area (Å²) >= 11 is 1.48. The van der Waals surface area contributed by atoms with E-state index in [0.29, 0.717) is 22.9 Å². The maximum atomic E-state index is 12.8. The lowest BCUT2D eigenvalue weighted by Gasteiger charge is -2.11. The minimum atomic E-state index is -0.126. The molecule has 2 aromatic carbocycles. The van der Waals surface area contributed by atoms with Gasteiger partial charge in [0, 0.05) is 5.75 Å². The van der Waals surface area contributed by atoms with Gasteiger partial charge in [-0.2, -0.15) is 5.10 Å². The predicted octanol–water partition coefficient (Wildman–Crippen LogP) is 3.59. The first-order chi connectivity index (χ1) is 11.8. The third-order valence-corrected chi connectivity index (χ3v) is 4.73. The van der Waals surface area contributed by atoms with E-state index < -0.39 is 0 Å². The van der Waals surface area contributed by atoms with Crippen molar-refractivity contribution in [2.75, 3.05) is 7.11 Å². The maximum Gasteiger partial charge on any atom is 0.284 e. The van der Waals surface area contributed by atoms with Crippen molar-refractivity contribution < 1.29 is 4.74 Å². The van der Waals surface area contributed by atoms with E-state index in [0.717, 1.165) is 11.1 Å². The second-order valence-corrected chi connectivity index (χ2v) is 6.25. The average Bonchev–Trinajstić information content (AvgIpc) is 2.64. The van der Waals surface area contributed by atoms with E-state index >= 15 is 0 Å². The fourth-order valence-corrected chi connectivity index (χ4v) is 3.34. The van der Waals surface area contributed by atoms with Crippen LogP contribution in [0.25, 0.3) is 0 Å². The van der Waals surface area contributed by atoms with E-state index in [-0.39, 0.29) is 5.56 Å². The molecule has 0 atom stereocenters. The van der Waals surface area contributed by atoms with Crippen molar-refractivity contribution in [3.8, 4) is 5.75 Å². The summed E-state index contributed by atoms with van der Waals surface area (Å²) in [6.07, 6.45) is 1.61. The average molecular weight is 338 g/mol. The number of hydrogen-bond donors (Lipinski definition) is 0. The summed E-state index contributed by atoms with van der Waals surface area (Å²) in [7, 11) is 1.56. The zero-order valence-electron chi connectivity index (χ0n) is 13.4. The number of rotatable bonds is 6. The summed E-state index contributed by atoms with van der Waals surface area (Å²) in [6, 6.07) is 19.9. The van der Waals surface area contributed by atoms with Crippen LogP contribution in [0.1, 0.15) is 11.1 Å². The highest BCUT2D eigenvalue weighted by Crippen LogP contribution is 2.27. The van der Waals surface area contributed by atoms with Crippen LogP contribution in [-0.2, 0) is 12.3 Å². The van der Waals surface area contributed by atoms with Gasteiger partial charge in [0.15, 0.2) is 5.75 Å². The van der Waals surface area contributed by atoms with Gasteiger partial charge in [-0.05, 0) is 11.1 Å². The van der Waals surface area contributed by atoms with Crippen LogP contribution in [0.3, 0.4) is 0 Å². The van der Waals surface area contributed by atoms with Crippen LogP contribution in [0.2, 0.25) is 0 Å². The number of benzene rings is 2. The molecule has 0 N–H and O–H groups in total. The first-order valence-corrected chi connectivity index (χ1v) is 8.61. The van der Waals surface area contributed by atoms with Gasteiger partial charge in [-0.1, -0.05) is 60.7 Å². The molecule has 4 nitrogen and oxygen atoms in total. The van der Waals surface area contributed by atoms with E-state index in [1.807, 2.05) is 60.7 Å². The molecule has 0 aliphatic carbocycles. The molecule has 122 valence electrons. The van der Waals surface area contributed by atoms with Crippen LogP contribution < -0.4 is 10.3 Å². The largest absolute Gasteiger partial charge is 0.494 e. The van der Waals surface area contributed by atoms with Crippen LogP contribution in [0.4, 0.5) is 0 Å². The molecule has 0 radical (unpaired) electrons. The van der Waals surface area contributed by atoms with E-state index in [9.17, 15) is 4.79 Å². The zero-order valence-corrected chi connectivity index (χ0v) is 14.2. The minimum absolute atomic E-state index is 0.126. The first-order valence-electron chi connectivity index (χ1n) is 7.62. The number of methoxy groups -OCH3 is 1. The van der Waals surface area contributed by atoms with E-state index in [2.05, 4.69) is 5.10 Å². The van der Waals surface area contributed by atoms with E-state index in [4.69, 9.17) is 4.74 Å². The van der Waals surface area contributed by atoms with Gasteiger partial charge in [-0.3, -0.25) is 4.79 Å². The number of hydrogen-bond acceptors (Lipinski definition) is 4. The van der Waals surface area contributed by atoms with Crippen molar-refractivity contribution in [2.45, 2.75) is 17.2 Å². The fourth-order valence-electron chi connectivity index (χ4n) is 2.33.